The predicted molar refractivity (Wildman–Crippen MR) is 67.1 cm³/mol. The SMILES string of the molecule is CNCc1nc(C)ccc1OCc1cn(C)nn1. The van der Waals surface area contributed by atoms with Gasteiger partial charge in [-0.1, -0.05) is 5.21 Å². The van der Waals surface area contributed by atoms with Crippen LogP contribution in [0, 0.1) is 6.92 Å². The molecule has 18 heavy (non-hydrogen) atoms. The van der Waals surface area contributed by atoms with Crippen LogP contribution in [-0.2, 0) is 20.2 Å². The average Bonchev–Trinajstić information content (AvgIpc) is 2.75. The lowest BCUT2D eigenvalue weighted by molar-refractivity contribution is 0.295. The van der Waals surface area contributed by atoms with Crippen LogP contribution in [0.4, 0.5) is 0 Å². The monoisotopic (exact) mass is 247 g/mol. The molecule has 6 heteroatoms. The highest BCUT2D eigenvalue weighted by molar-refractivity contribution is 5.29. The first-order valence-electron chi connectivity index (χ1n) is 5.78. The molecule has 2 rings (SSSR count). The summed E-state index contributed by atoms with van der Waals surface area (Å²) in [6.07, 6.45) is 1.83. The molecule has 0 fully saturated rings. The zero-order chi connectivity index (χ0) is 13.0. The van der Waals surface area contributed by atoms with Gasteiger partial charge in [0, 0.05) is 19.3 Å². The van der Waals surface area contributed by atoms with Gasteiger partial charge in [0.05, 0.1) is 11.9 Å². The van der Waals surface area contributed by atoms with E-state index in [0.29, 0.717) is 13.2 Å². The minimum atomic E-state index is 0.398. The Labute approximate surface area is 106 Å². The topological polar surface area (TPSA) is 64.9 Å². The lowest BCUT2D eigenvalue weighted by Crippen LogP contribution is -2.10. The number of rotatable bonds is 5. The average molecular weight is 247 g/mol. The molecule has 0 spiro atoms. The second kappa shape index (κ2) is 5.59. The van der Waals surface area contributed by atoms with Gasteiger partial charge in [-0.15, -0.1) is 5.10 Å². The number of nitrogens with zero attached hydrogens (tertiary/aromatic N) is 4. The third-order valence-corrected chi connectivity index (χ3v) is 2.44. The largest absolute Gasteiger partial charge is 0.485 e. The highest BCUT2D eigenvalue weighted by Crippen LogP contribution is 2.17. The molecule has 2 heterocycles. The zero-order valence-electron chi connectivity index (χ0n) is 10.8. The number of pyridine rings is 1. The van der Waals surface area contributed by atoms with Gasteiger partial charge in [-0.3, -0.25) is 9.67 Å². The molecule has 0 amide bonds. The fraction of sp³-hybridized carbons (Fsp3) is 0.417. The lowest BCUT2D eigenvalue weighted by Gasteiger charge is -2.10. The number of ether oxygens (including phenoxy) is 1. The van der Waals surface area contributed by atoms with Crippen LogP contribution in [0.5, 0.6) is 5.75 Å². The first-order chi connectivity index (χ1) is 8.69. The predicted octanol–water partition coefficient (Wildman–Crippen LogP) is 0.817. The van der Waals surface area contributed by atoms with Gasteiger partial charge in [-0.25, -0.2) is 0 Å². The second-order valence-electron chi connectivity index (χ2n) is 4.10. The Balaban J connectivity index is 2.08. The molecule has 0 bridgehead atoms. The number of aromatic nitrogens is 4. The Morgan fingerprint density at radius 2 is 2.22 bits per heavy atom. The van der Waals surface area contributed by atoms with Crippen LogP contribution in [0.15, 0.2) is 18.3 Å². The molecule has 0 aliphatic rings. The van der Waals surface area contributed by atoms with E-state index in [9.17, 15) is 0 Å². The summed E-state index contributed by atoms with van der Waals surface area (Å²) in [5, 5.41) is 10.9. The summed E-state index contributed by atoms with van der Waals surface area (Å²) in [5.74, 6) is 0.778. The van der Waals surface area contributed by atoms with Gasteiger partial charge in [0.25, 0.3) is 0 Å². The molecule has 0 radical (unpaired) electrons. The van der Waals surface area contributed by atoms with Gasteiger partial charge in [0.1, 0.15) is 18.1 Å². The summed E-state index contributed by atoms with van der Waals surface area (Å²) in [4.78, 5) is 4.45. The van der Waals surface area contributed by atoms with E-state index in [-0.39, 0.29) is 0 Å². The minimum Gasteiger partial charge on any atom is -0.485 e. The molecule has 0 unspecified atom stereocenters. The van der Waals surface area contributed by atoms with Crippen LogP contribution in [0.3, 0.4) is 0 Å². The number of hydrogen-bond donors (Lipinski definition) is 1. The first-order valence-corrected chi connectivity index (χ1v) is 5.78. The Hall–Kier alpha value is -1.95. The molecule has 2 aromatic rings. The molecule has 0 saturated carbocycles. The quantitative estimate of drug-likeness (QED) is 0.847. The van der Waals surface area contributed by atoms with Crippen LogP contribution in [0.1, 0.15) is 17.1 Å². The third kappa shape index (κ3) is 3.04. The fourth-order valence-electron chi connectivity index (χ4n) is 1.64. The molecule has 1 N–H and O–H groups in total. The van der Waals surface area contributed by atoms with Crippen LogP contribution in [0.2, 0.25) is 0 Å². The maximum absolute atomic E-state index is 5.73. The van der Waals surface area contributed by atoms with Crippen molar-refractivity contribution in [3.05, 3.63) is 35.4 Å². The standard InChI is InChI=1S/C12H17N5O/c1-9-4-5-12(11(14-9)6-13-2)18-8-10-7-17(3)16-15-10/h4-5,7,13H,6,8H2,1-3H3. The maximum Gasteiger partial charge on any atom is 0.142 e. The van der Waals surface area contributed by atoms with E-state index in [4.69, 9.17) is 4.74 Å². The normalized spacial score (nSPS) is 10.6. The molecule has 2 aromatic heterocycles. The van der Waals surface area contributed by atoms with E-state index >= 15 is 0 Å². The van der Waals surface area contributed by atoms with E-state index in [1.807, 2.05) is 39.3 Å². The lowest BCUT2D eigenvalue weighted by atomic mass is 10.3. The summed E-state index contributed by atoms with van der Waals surface area (Å²) in [5.41, 5.74) is 2.68. The van der Waals surface area contributed by atoms with Crippen molar-refractivity contribution >= 4 is 0 Å². The van der Waals surface area contributed by atoms with E-state index < -0.39 is 0 Å². The minimum absolute atomic E-state index is 0.398. The van der Waals surface area contributed by atoms with Crippen LogP contribution in [0.25, 0.3) is 0 Å². The van der Waals surface area contributed by atoms with Crippen LogP contribution >= 0.6 is 0 Å². The van der Waals surface area contributed by atoms with Crippen molar-refractivity contribution < 1.29 is 4.74 Å². The Kier molecular flexibility index (Phi) is 3.88. The van der Waals surface area contributed by atoms with Crippen molar-refractivity contribution in [3.8, 4) is 5.75 Å². The van der Waals surface area contributed by atoms with E-state index in [2.05, 4.69) is 20.6 Å². The molecular weight excluding hydrogens is 230 g/mol. The fourth-order valence-corrected chi connectivity index (χ4v) is 1.64. The first kappa shape index (κ1) is 12.5. The second-order valence-corrected chi connectivity index (χ2v) is 4.10. The summed E-state index contributed by atoms with van der Waals surface area (Å²) >= 11 is 0. The Morgan fingerprint density at radius 1 is 1.39 bits per heavy atom. The van der Waals surface area contributed by atoms with Gasteiger partial charge in [-0.2, -0.15) is 0 Å². The molecule has 0 atom stereocenters. The van der Waals surface area contributed by atoms with Gasteiger partial charge in [0.2, 0.25) is 0 Å². The molecule has 0 saturated heterocycles. The van der Waals surface area contributed by atoms with Gasteiger partial charge >= 0.3 is 0 Å². The summed E-state index contributed by atoms with van der Waals surface area (Å²) in [6, 6.07) is 3.87. The van der Waals surface area contributed by atoms with Gasteiger partial charge < -0.3 is 10.1 Å². The molecule has 0 aromatic carbocycles. The summed E-state index contributed by atoms with van der Waals surface area (Å²) in [7, 11) is 3.72. The molecule has 96 valence electrons. The van der Waals surface area contributed by atoms with E-state index in [1.54, 1.807) is 4.68 Å². The Morgan fingerprint density at radius 3 is 2.89 bits per heavy atom. The van der Waals surface area contributed by atoms with Crippen molar-refractivity contribution in [1.82, 2.24) is 25.3 Å². The van der Waals surface area contributed by atoms with Gasteiger partial charge in [0.15, 0.2) is 0 Å². The summed E-state index contributed by atoms with van der Waals surface area (Å²) in [6.45, 7) is 3.04. The van der Waals surface area contributed by atoms with E-state index in [1.165, 1.54) is 0 Å². The van der Waals surface area contributed by atoms with Crippen molar-refractivity contribution in [3.63, 3.8) is 0 Å². The third-order valence-electron chi connectivity index (χ3n) is 2.44. The van der Waals surface area contributed by atoms with Crippen molar-refractivity contribution in [2.75, 3.05) is 7.05 Å². The van der Waals surface area contributed by atoms with Crippen LogP contribution < -0.4 is 10.1 Å². The molecule has 0 aliphatic heterocycles. The Bertz CT molecular complexity index is 523. The van der Waals surface area contributed by atoms with Crippen molar-refractivity contribution in [1.29, 1.82) is 0 Å². The summed E-state index contributed by atoms with van der Waals surface area (Å²) < 4.78 is 7.38. The highest BCUT2D eigenvalue weighted by atomic mass is 16.5. The molecule has 0 aliphatic carbocycles. The van der Waals surface area contributed by atoms with Gasteiger partial charge in [-0.05, 0) is 26.1 Å². The van der Waals surface area contributed by atoms with E-state index in [0.717, 1.165) is 22.8 Å². The molecular formula is C12H17N5O. The molecule has 6 nitrogen and oxygen atoms in total. The maximum atomic E-state index is 5.73. The smallest absolute Gasteiger partial charge is 0.142 e. The zero-order valence-corrected chi connectivity index (χ0v) is 10.8. The number of nitrogens with one attached hydrogen (secondary N) is 1. The van der Waals surface area contributed by atoms with Crippen molar-refractivity contribution in [2.45, 2.75) is 20.1 Å². The van der Waals surface area contributed by atoms with Crippen molar-refractivity contribution in [2.24, 2.45) is 7.05 Å². The number of aryl methyl sites for hydroxylation is 2. The van der Waals surface area contributed by atoms with Crippen LogP contribution in [-0.4, -0.2) is 27.0 Å². The number of hydrogen-bond acceptors (Lipinski definition) is 5. The highest BCUT2D eigenvalue weighted by Gasteiger charge is 2.06.